The molecule has 0 radical (unpaired) electrons. The number of ether oxygens (including phenoxy) is 1. The minimum Gasteiger partial charge on any atom is -0.379 e. The molecule has 1 saturated heterocycles. The molecule has 90 valence electrons. The first kappa shape index (κ1) is 10.7. The Hall–Kier alpha value is -1.39. The lowest BCUT2D eigenvalue weighted by Crippen LogP contribution is -2.38. The summed E-state index contributed by atoms with van der Waals surface area (Å²) in [6.07, 6.45) is 1.94. The Bertz CT molecular complexity index is 488. The Morgan fingerprint density at radius 3 is 2.82 bits per heavy atom. The highest BCUT2D eigenvalue weighted by atomic mass is 16.5. The van der Waals surface area contributed by atoms with E-state index in [0.717, 1.165) is 44.9 Å². The standard InChI is InChI=1S/C13H17N3O/c1-2-4-13-12(3-1)14-11-16(13)6-5-15-7-9-17-10-8-15/h1-4,11H,5-10H2. The number of para-hydroxylation sites is 2. The number of rotatable bonds is 3. The van der Waals surface area contributed by atoms with Gasteiger partial charge in [0.2, 0.25) is 0 Å². The highest BCUT2D eigenvalue weighted by Crippen LogP contribution is 2.11. The van der Waals surface area contributed by atoms with Crippen LogP contribution >= 0.6 is 0 Å². The minimum atomic E-state index is 0.866. The second-order valence-corrected chi connectivity index (χ2v) is 4.38. The molecule has 4 nitrogen and oxygen atoms in total. The average Bonchev–Trinajstić information content (AvgIpc) is 2.81. The van der Waals surface area contributed by atoms with Crippen LogP contribution in [0.3, 0.4) is 0 Å². The number of hydrogen-bond acceptors (Lipinski definition) is 3. The van der Waals surface area contributed by atoms with Crippen molar-refractivity contribution in [1.82, 2.24) is 14.5 Å². The lowest BCUT2D eigenvalue weighted by Gasteiger charge is -2.26. The Morgan fingerprint density at radius 1 is 1.12 bits per heavy atom. The molecule has 17 heavy (non-hydrogen) atoms. The molecule has 0 amide bonds. The Kier molecular flexibility index (Phi) is 3.07. The fourth-order valence-electron chi connectivity index (χ4n) is 2.26. The summed E-state index contributed by atoms with van der Waals surface area (Å²) in [6, 6.07) is 8.28. The quantitative estimate of drug-likeness (QED) is 0.799. The third-order valence-electron chi connectivity index (χ3n) is 3.29. The van der Waals surface area contributed by atoms with Crippen LogP contribution in [0.15, 0.2) is 30.6 Å². The summed E-state index contributed by atoms with van der Waals surface area (Å²) in [5.74, 6) is 0. The van der Waals surface area contributed by atoms with Gasteiger partial charge in [0.1, 0.15) is 0 Å². The first-order valence-corrected chi connectivity index (χ1v) is 6.13. The first-order chi connectivity index (χ1) is 8.43. The van der Waals surface area contributed by atoms with Crippen molar-refractivity contribution in [2.75, 3.05) is 32.8 Å². The van der Waals surface area contributed by atoms with Gasteiger partial charge in [0.25, 0.3) is 0 Å². The zero-order valence-electron chi connectivity index (χ0n) is 9.88. The maximum absolute atomic E-state index is 5.35. The van der Waals surface area contributed by atoms with E-state index < -0.39 is 0 Å². The monoisotopic (exact) mass is 231 g/mol. The summed E-state index contributed by atoms with van der Waals surface area (Å²) >= 11 is 0. The van der Waals surface area contributed by atoms with Gasteiger partial charge in [-0.15, -0.1) is 0 Å². The van der Waals surface area contributed by atoms with E-state index in [1.165, 1.54) is 5.52 Å². The largest absolute Gasteiger partial charge is 0.379 e. The van der Waals surface area contributed by atoms with Gasteiger partial charge < -0.3 is 9.30 Å². The van der Waals surface area contributed by atoms with Gasteiger partial charge in [-0.2, -0.15) is 0 Å². The smallest absolute Gasteiger partial charge is 0.0958 e. The van der Waals surface area contributed by atoms with Crippen molar-refractivity contribution in [3.05, 3.63) is 30.6 Å². The zero-order chi connectivity index (χ0) is 11.5. The van der Waals surface area contributed by atoms with Crippen molar-refractivity contribution in [2.45, 2.75) is 6.54 Å². The lowest BCUT2D eigenvalue weighted by molar-refractivity contribution is 0.0365. The van der Waals surface area contributed by atoms with E-state index in [-0.39, 0.29) is 0 Å². The van der Waals surface area contributed by atoms with Gasteiger partial charge in [0.15, 0.2) is 0 Å². The highest BCUT2D eigenvalue weighted by Gasteiger charge is 2.10. The van der Waals surface area contributed by atoms with Crippen LogP contribution in [-0.2, 0) is 11.3 Å². The van der Waals surface area contributed by atoms with E-state index in [1.54, 1.807) is 0 Å². The molecule has 2 heterocycles. The Labute approximate surface area is 101 Å². The van der Waals surface area contributed by atoms with E-state index in [9.17, 15) is 0 Å². The van der Waals surface area contributed by atoms with Crippen LogP contribution in [0.1, 0.15) is 0 Å². The number of aromatic nitrogens is 2. The highest BCUT2D eigenvalue weighted by molar-refractivity contribution is 5.74. The summed E-state index contributed by atoms with van der Waals surface area (Å²) in [7, 11) is 0. The van der Waals surface area contributed by atoms with Crippen LogP contribution in [-0.4, -0.2) is 47.3 Å². The van der Waals surface area contributed by atoms with Gasteiger partial charge in [-0.3, -0.25) is 4.90 Å². The van der Waals surface area contributed by atoms with Crippen molar-refractivity contribution < 1.29 is 4.74 Å². The number of hydrogen-bond donors (Lipinski definition) is 0. The van der Waals surface area contributed by atoms with E-state index in [2.05, 4.69) is 32.7 Å². The predicted molar refractivity (Wildman–Crippen MR) is 67.0 cm³/mol. The zero-order valence-corrected chi connectivity index (χ0v) is 9.88. The molecule has 0 spiro atoms. The number of benzene rings is 1. The van der Waals surface area contributed by atoms with Crippen LogP contribution in [0, 0.1) is 0 Å². The molecule has 1 aromatic heterocycles. The molecule has 0 atom stereocenters. The van der Waals surface area contributed by atoms with Crippen LogP contribution in [0.5, 0.6) is 0 Å². The minimum absolute atomic E-state index is 0.866. The van der Waals surface area contributed by atoms with Gasteiger partial charge in [-0.05, 0) is 12.1 Å². The second kappa shape index (κ2) is 4.85. The number of morpholine rings is 1. The third-order valence-corrected chi connectivity index (χ3v) is 3.29. The molecule has 1 aliphatic rings. The van der Waals surface area contributed by atoms with Gasteiger partial charge in [0.05, 0.1) is 30.6 Å². The molecule has 0 saturated carbocycles. The fraction of sp³-hybridized carbons (Fsp3) is 0.462. The van der Waals surface area contributed by atoms with Crippen molar-refractivity contribution in [3.63, 3.8) is 0 Å². The van der Waals surface area contributed by atoms with Gasteiger partial charge >= 0.3 is 0 Å². The van der Waals surface area contributed by atoms with Crippen LogP contribution in [0.4, 0.5) is 0 Å². The number of nitrogens with zero attached hydrogens (tertiary/aromatic N) is 3. The van der Waals surface area contributed by atoms with Gasteiger partial charge in [-0.1, -0.05) is 12.1 Å². The summed E-state index contributed by atoms with van der Waals surface area (Å²) in [6.45, 7) is 5.90. The van der Waals surface area contributed by atoms with E-state index >= 15 is 0 Å². The molecular weight excluding hydrogens is 214 g/mol. The van der Waals surface area contributed by atoms with Crippen LogP contribution < -0.4 is 0 Å². The Balaban J connectivity index is 1.68. The van der Waals surface area contributed by atoms with Crippen molar-refractivity contribution in [3.8, 4) is 0 Å². The normalized spacial score (nSPS) is 17.6. The third kappa shape index (κ3) is 2.33. The Morgan fingerprint density at radius 2 is 1.94 bits per heavy atom. The molecule has 1 aromatic carbocycles. The lowest BCUT2D eigenvalue weighted by atomic mass is 10.3. The summed E-state index contributed by atoms with van der Waals surface area (Å²) in [5, 5.41) is 0. The molecule has 0 N–H and O–H groups in total. The molecular formula is C13H17N3O. The van der Waals surface area contributed by atoms with E-state index in [0.29, 0.717) is 0 Å². The van der Waals surface area contributed by atoms with Crippen molar-refractivity contribution >= 4 is 11.0 Å². The summed E-state index contributed by atoms with van der Waals surface area (Å²) < 4.78 is 7.57. The van der Waals surface area contributed by atoms with Gasteiger partial charge in [0, 0.05) is 26.2 Å². The molecule has 3 rings (SSSR count). The topological polar surface area (TPSA) is 30.3 Å². The average molecular weight is 231 g/mol. The maximum atomic E-state index is 5.35. The molecule has 0 bridgehead atoms. The number of fused-ring (bicyclic) bond motifs is 1. The molecule has 4 heteroatoms. The molecule has 2 aromatic rings. The molecule has 0 aliphatic carbocycles. The van der Waals surface area contributed by atoms with E-state index in [1.807, 2.05) is 12.4 Å². The predicted octanol–water partition coefficient (Wildman–Crippen LogP) is 1.37. The summed E-state index contributed by atoms with van der Waals surface area (Å²) in [4.78, 5) is 6.84. The van der Waals surface area contributed by atoms with Crippen LogP contribution in [0.2, 0.25) is 0 Å². The molecule has 1 fully saturated rings. The SMILES string of the molecule is c1ccc2c(c1)ncn2CCN1CCOCC1. The molecule has 1 aliphatic heterocycles. The molecule has 0 unspecified atom stereocenters. The van der Waals surface area contributed by atoms with E-state index in [4.69, 9.17) is 4.74 Å². The van der Waals surface area contributed by atoms with Crippen molar-refractivity contribution in [2.24, 2.45) is 0 Å². The van der Waals surface area contributed by atoms with Crippen LogP contribution in [0.25, 0.3) is 11.0 Å². The summed E-state index contributed by atoms with van der Waals surface area (Å²) in [5.41, 5.74) is 2.30. The first-order valence-electron chi connectivity index (χ1n) is 6.13. The second-order valence-electron chi connectivity index (χ2n) is 4.38. The maximum Gasteiger partial charge on any atom is 0.0958 e. The van der Waals surface area contributed by atoms with Gasteiger partial charge in [-0.25, -0.2) is 4.98 Å². The van der Waals surface area contributed by atoms with Crippen molar-refractivity contribution in [1.29, 1.82) is 0 Å². The number of imidazole rings is 1. The fourth-order valence-corrected chi connectivity index (χ4v) is 2.26.